The zero-order chi connectivity index (χ0) is 10.5. The molecule has 13 heavy (non-hydrogen) atoms. The first-order valence-corrected chi connectivity index (χ1v) is 4.63. The van der Waals surface area contributed by atoms with Gasteiger partial charge in [0.15, 0.2) is 0 Å². The second-order valence-corrected chi connectivity index (χ2v) is 4.12. The minimum atomic E-state index is -0.595. The molecule has 0 unspecified atom stereocenters. The Morgan fingerprint density at radius 2 is 1.77 bits per heavy atom. The van der Waals surface area contributed by atoms with Gasteiger partial charge in [-0.05, 0) is 27.2 Å². The molecule has 0 bridgehead atoms. The van der Waals surface area contributed by atoms with Crippen LogP contribution in [0.5, 0.6) is 0 Å². The van der Waals surface area contributed by atoms with Gasteiger partial charge >= 0.3 is 11.9 Å². The molecule has 0 fully saturated rings. The van der Waals surface area contributed by atoms with Crippen LogP contribution >= 0.6 is 0 Å². The molecule has 0 radical (unpaired) electrons. The zero-order valence-electron chi connectivity index (χ0n) is 8.85. The summed E-state index contributed by atoms with van der Waals surface area (Å²) in [6.45, 7) is 7.16. The van der Waals surface area contributed by atoms with Crippen molar-refractivity contribution in [3.63, 3.8) is 0 Å². The fourth-order valence-electron chi connectivity index (χ4n) is 0.629. The van der Waals surface area contributed by atoms with Gasteiger partial charge in [0, 0.05) is 6.42 Å². The molecule has 76 valence electrons. The second-order valence-electron chi connectivity index (χ2n) is 4.12. The Kier molecular flexibility index (Phi) is 4.67. The molecule has 0 saturated heterocycles. The minimum Gasteiger partial charge on any atom is -0.393 e. The van der Waals surface area contributed by atoms with Crippen LogP contribution in [0, 0.1) is 5.41 Å². The normalized spacial score (nSPS) is 11.1. The predicted molar refractivity (Wildman–Crippen MR) is 50.1 cm³/mol. The van der Waals surface area contributed by atoms with Gasteiger partial charge in [-0.3, -0.25) is 9.59 Å². The van der Waals surface area contributed by atoms with Gasteiger partial charge in [-0.15, -0.1) is 0 Å². The van der Waals surface area contributed by atoms with E-state index in [1.807, 2.05) is 6.92 Å². The van der Waals surface area contributed by atoms with Crippen molar-refractivity contribution in [1.82, 2.24) is 0 Å². The van der Waals surface area contributed by atoms with Crippen LogP contribution in [0.15, 0.2) is 0 Å². The Hall–Kier alpha value is -0.860. The number of ether oxygens (including phenoxy) is 1. The largest absolute Gasteiger partial charge is 0.393 e. The van der Waals surface area contributed by atoms with Crippen molar-refractivity contribution in [2.24, 2.45) is 5.41 Å². The van der Waals surface area contributed by atoms with E-state index in [0.29, 0.717) is 6.42 Å². The van der Waals surface area contributed by atoms with E-state index in [9.17, 15) is 9.59 Å². The summed E-state index contributed by atoms with van der Waals surface area (Å²) in [5.41, 5.74) is -0.595. The molecule has 0 atom stereocenters. The maximum absolute atomic E-state index is 11.2. The highest BCUT2D eigenvalue weighted by molar-refractivity contribution is 5.88. The molecule has 0 rings (SSSR count). The topological polar surface area (TPSA) is 43.4 Å². The SMILES string of the molecule is CCCCC(=O)OC(=O)C(C)(C)C. The standard InChI is InChI=1S/C10H18O3/c1-5-6-7-8(11)13-9(12)10(2,3)4/h5-7H2,1-4H3. The van der Waals surface area contributed by atoms with Crippen molar-refractivity contribution in [1.29, 1.82) is 0 Å². The molecule has 0 aromatic rings. The van der Waals surface area contributed by atoms with E-state index >= 15 is 0 Å². The average Bonchev–Trinajstić information content (AvgIpc) is 1.99. The number of hydrogen-bond acceptors (Lipinski definition) is 3. The van der Waals surface area contributed by atoms with Crippen molar-refractivity contribution >= 4 is 11.9 Å². The lowest BCUT2D eigenvalue weighted by molar-refractivity contribution is -0.165. The summed E-state index contributed by atoms with van der Waals surface area (Å²) < 4.78 is 4.64. The predicted octanol–water partition coefficient (Wildman–Crippen LogP) is 2.29. The maximum atomic E-state index is 11.2. The fraction of sp³-hybridized carbons (Fsp3) is 0.800. The van der Waals surface area contributed by atoms with Gasteiger partial charge in [0.25, 0.3) is 0 Å². The summed E-state index contributed by atoms with van der Waals surface area (Å²) in [7, 11) is 0. The molecule has 0 heterocycles. The average molecular weight is 186 g/mol. The van der Waals surface area contributed by atoms with Crippen molar-refractivity contribution in [2.75, 3.05) is 0 Å². The smallest absolute Gasteiger partial charge is 0.318 e. The van der Waals surface area contributed by atoms with E-state index in [1.165, 1.54) is 0 Å². The quantitative estimate of drug-likeness (QED) is 0.501. The van der Waals surface area contributed by atoms with Gasteiger partial charge in [0.2, 0.25) is 0 Å². The zero-order valence-corrected chi connectivity index (χ0v) is 8.85. The molecule has 0 aliphatic rings. The number of unbranched alkanes of at least 4 members (excludes halogenated alkanes) is 1. The summed E-state index contributed by atoms with van der Waals surface area (Å²) in [4.78, 5) is 22.2. The molecule has 0 amide bonds. The van der Waals surface area contributed by atoms with E-state index in [2.05, 4.69) is 4.74 Å². The van der Waals surface area contributed by atoms with Crippen LogP contribution in [-0.4, -0.2) is 11.9 Å². The van der Waals surface area contributed by atoms with Crippen LogP contribution in [0.3, 0.4) is 0 Å². The summed E-state index contributed by atoms with van der Waals surface area (Å²) in [6, 6.07) is 0. The highest BCUT2D eigenvalue weighted by Crippen LogP contribution is 2.15. The number of carbonyl (C=O) groups excluding carboxylic acids is 2. The second kappa shape index (κ2) is 5.00. The van der Waals surface area contributed by atoms with Crippen molar-refractivity contribution in [3.05, 3.63) is 0 Å². The molecule has 0 aliphatic carbocycles. The first-order chi connectivity index (χ1) is 5.88. The van der Waals surface area contributed by atoms with Gasteiger partial charge in [-0.2, -0.15) is 0 Å². The van der Waals surface area contributed by atoms with Crippen LogP contribution in [0.25, 0.3) is 0 Å². The monoisotopic (exact) mass is 186 g/mol. The molecular weight excluding hydrogens is 168 g/mol. The Morgan fingerprint density at radius 3 is 2.15 bits per heavy atom. The summed E-state index contributed by atoms with van der Waals surface area (Å²) >= 11 is 0. The number of carbonyl (C=O) groups is 2. The third kappa shape index (κ3) is 5.39. The first kappa shape index (κ1) is 12.1. The van der Waals surface area contributed by atoms with Crippen molar-refractivity contribution in [2.45, 2.75) is 47.0 Å². The Labute approximate surface area is 79.5 Å². The van der Waals surface area contributed by atoms with Crippen LogP contribution in [0.1, 0.15) is 47.0 Å². The van der Waals surface area contributed by atoms with E-state index < -0.39 is 17.4 Å². The van der Waals surface area contributed by atoms with Gasteiger partial charge < -0.3 is 4.74 Å². The van der Waals surface area contributed by atoms with Crippen molar-refractivity contribution < 1.29 is 14.3 Å². The Balaban J connectivity index is 3.86. The van der Waals surface area contributed by atoms with Crippen LogP contribution in [0.4, 0.5) is 0 Å². The van der Waals surface area contributed by atoms with Gasteiger partial charge in [-0.1, -0.05) is 13.3 Å². The molecule has 3 heteroatoms. The van der Waals surface area contributed by atoms with Crippen molar-refractivity contribution in [3.8, 4) is 0 Å². The molecule has 0 aromatic heterocycles. The Morgan fingerprint density at radius 1 is 1.23 bits per heavy atom. The van der Waals surface area contributed by atoms with Crippen LogP contribution < -0.4 is 0 Å². The molecule has 0 saturated carbocycles. The third-order valence-corrected chi connectivity index (χ3v) is 1.55. The fourth-order valence-corrected chi connectivity index (χ4v) is 0.629. The minimum absolute atomic E-state index is 0.332. The van der Waals surface area contributed by atoms with Gasteiger partial charge in [0.1, 0.15) is 0 Å². The molecule has 0 aromatic carbocycles. The summed E-state index contributed by atoms with van der Waals surface area (Å²) in [5.74, 6) is -0.865. The van der Waals surface area contributed by atoms with Gasteiger partial charge in [0.05, 0.1) is 5.41 Å². The maximum Gasteiger partial charge on any atom is 0.318 e. The van der Waals surface area contributed by atoms with Gasteiger partial charge in [-0.25, -0.2) is 0 Å². The molecule has 0 spiro atoms. The number of rotatable bonds is 3. The summed E-state index contributed by atoms with van der Waals surface area (Å²) in [6.07, 6.45) is 2.04. The van der Waals surface area contributed by atoms with Crippen LogP contribution in [0.2, 0.25) is 0 Å². The molecular formula is C10H18O3. The third-order valence-electron chi connectivity index (χ3n) is 1.55. The van der Waals surface area contributed by atoms with E-state index in [-0.39, 0.29) is 0 Å². The van der Waals surface area contributed by atoms with E-state index in [4.69, 9.17) is 0 Å². The molecule has 0 N–H and O–H groups in total. The van der Waals surface area contributed by atoms with E-state index in [0.717, 1.165) is 12.8 Å². The highest BCUT2D eigenvalue weighted by atomic mass is 16.6. The lowest BCUT2D eigenvalue weighted by Gasteiger charge is -2.14. The Bertz CT molecular complexity index is 189. The lowest BCUT2D eigenvalue weighted by Crippen LogP contribution is -2.25. The molecule has 0 aliphatic heterocycles. The lowest BCUT2D eigenvalue weighted by atomic mass is 9.97. The molecule has 3 nitrogen and oxygen atoms in total. The summed E-state index contributed by atoms with van der Waals surface area (Å²) in [5, 5.41) is 0. The highest BCUT2D eigenvalue weighted by Gasteiger charge is 2.25. The van der Waals surface area contributed by atoms with Crippen LogP contribution in [-0.2, 0) is 14.3 Å². The number of esters is 2. The number of hydrogen-bond donors (Lipinski definition) is 0. The first-order valence-electron chi connectivity index (χ1n) is 4.63. The van der Waals surface area contributed by atoms with E-state index in [1.54, 1.807) is 20.8 Å².